The predicted molar refractivity (Wildman–Crippen MR) is 147 cm³/mol. The molecule has 1 radical (unpaired) electrons. The summed E-state index contributed by atoms with van der Waals surface area (Å²) in [5, 5.41) is 18.4. The van der Waals surface area contributed by atoms with Crippen molar-refractivity contribution < 1.29 is 36.1 Å². The monoisotopic (exact) mass is 556 g/mol. The number of benzene rings is 3. The van der Waals surface area contributed by atoms with E-state index in [4.69, 9.17) is 14.2 Å². The van der Waals surface area contributed by atoms with Crippen LogP contribution in [0.2, 0.25) is 0 Å². The van der Waals surface area contributed by atoms with E-state index in [1.807, 2.05) is 36.4 Å². The van der Waals surface area contributed by atoms with E-state index in [2.05, 4.69) is 53.2 Å². The number of allylic oxidation sites excluding steroid dienone is 2. The van der Waals surface area contributed by atoms with Gasteiger partial charge < -0.3 is 24.2 Å². The number of likely N-dealkylation sites (N-methyl/N-ethyl adjacent to an activating group) is 1. The van der Waals surface area contributed by atoms with Crippen LogP contribution in [0.1, 0.15) is 30.5 Å². The fourth-order valence-corrected chi connectivity index (χ4v) is 5.13. The van der Waals surface area contributed by atoms with Gasteiger partial charge >= 0.3 is 0 Å². The molecule has 2 aliphatic heterocycles. The molecule has 0 amide bonds. The molecule has 3 aromatic rings. The summed E-state index contributed by atoms with van der Waals surface area (Å²) >= 11 is 0. The van der Waals surface area contributed by atoms with Crippen LogP contribution >= 0.6 is 0 Å². The van der Waals surface area contributed by atoms with Crippen LogP contribution in [0, 0.1) is 0 Å². The molecule has 0 bridgehead atoms. The summed E-state index contributed by atoms with van der Waals surface area (Å²) in [5.74, 6) is 2.25. The molecule has 1 unspecified atom stereocenters. The van der Waals surface area contributed by atoms with Gasteiger partial charge in [-0.1, -0.05) is 24.3 Å². The molecule has 3 aromatic carbocycles. The molecule has 2 aliphatic rings. The van der Waals surface area contributed by atoms with Crippen LogP contribution in [0.25, 0.3) is 0 Å². The maximum absolute atomic E-state index is 10.3. The maximum Gasteiger partial charge on any atom is 0.238 e. The Bertz CT molecular complexity index is 1370. The summed E-state index contributed by atoms with van der Waals surface area (Å²) in [6.45, 7) is 6.27. The van der Waals surface area contributed by atoms with E-state index in [0.717, 1.165) is 47.2 Å². The quantitative estimate of drug-likeness (QED) is 0.230. The second-order valence-electron chi connectivity index (χ2n) is 9.22. The van der Waals surface area contributed by atoms with Crippen molar-refractivity contribution in [3.63, 3.8) is 0 Å². The minimum absolute atomic E-state index is 0. The third kappa shape index (κ3) is 5.28. The van der Waals surface area contributed by atoms with Crippen molar-refractivity contribution in [2.45, 2.75) is 25.7 Å². The van der Waals surface area contributed by atoms with Crippen LogP contribution in [0.15, 0.2) is 88.7 Å². The van der Waals surface area contributed by atoms with Crippen molar-refractivity contribution in [3.8, 4) is 17.2 Å². The van der Waals surface area contributed by atoms with Crippen molar-refractivity contribution in [2.24, 2.45) is 10.2 Å². The number of ether oxygens (including phenoxy) is 3. The molecule has 0 spiro atoms. The van der Waals surface area contributed by atoms with Gasteiger partial charge in [0.2, 0.25) is 5.90 Å². The Labute approximate surface area is 233 Å². The zero-order valence-corrected chi connectivity index (χ0v) is 22.7. The fourth-order valence-electron chi connectivity index (χ4n) is 5.13. The van der Waals surface area contributed by atoms with Gasteiger partial charge in [0.05, 0.1) is 13.3 Å². The van der Waals surface area contributed by atoms with Gasteiger partial charge in [0.25, 0.3) is 0 Å². The van der Waals surface area contributed by atoms with Gasteiger partial charge in [-0.2, -0.15) is 5.10 Å². The van der Waals surface area contributed by atoms with Gasteiger partial charge in [-0.25, -0.2) is 0 Å². The zero-order chi connectivity index (χ0) is 25.8. The Balaban J connectivity index is 0.00000336. The molecule has 199 valence electrons. The van der Waals surface area contributed by atoms with Gasteiger partial charge in [0, 0.05) is 45.7 Å². The smallest absolute Gasteiger partial charge is 0.238 e. The Kier molecular flexibility index (Phi) is 8.44. The molecule has 2 heterocycles. The van der Waals surface area contributed by atoms with E-state index in [1.165, 1.54) is 5.56 Å². The summed E-state index contributed by atoms with van der Waals surface area (Å²) in [4.78, 5) is 2.29. The van der Waals surface area contributed by atoms with E-state index < -0.39 is 0 Å². The van der Waals surface area contributed by atoms with Gasteiger partial charge in [-0.3, -0.25) is 0 Å². The average Bonchev–Trinajstić information content (AvgIpc) is 3.17. The SMILES string of the molecule is CCN1\C(=C/C=N/N=C(\O)c2ccccc2)C(C)(Cc2ccc3c(c2)OCCO3)c2cc(OC)ccc21.[Co]. The number of fused-ring (bicyclic) bond motifs is 2. The molecule has 7 nitrogen and oxygen atoms in total. The number of methoxy groups -OCH3 is 1. The second-order valence-corrected chi connectivity index (χ2v) is 9.22. The normalized spacial score (nSPS) is 19.4. The Morgan fingerprint density at radius 3 is 2.55 bits per heavy atom. The standard InChI is InChI=1S/C30H31N3O4.Co/c1-4-33-25-12-11-23(35-3)19-24(25)30(2,20-21-10-13-26-27(18-21)37-17-16-36-26)28(33)14-15-31-32-29(34)22-8-6-5-7-9-22;/h5-15,18-19H,4,16-17,20H2,1-3H3,(H,32,34);/b28-14-,31-15+;. The van der Waals surface area contributed by atoms with E-state index in [9.17, 15) is 5.11 Å². The third-order valence-electron chi connectivity index (χ3n) is 6.91. The van der Waals surface area contributed by atoms with Crippen molar-refractivity contribution in [1.82, 2.24) is 0 Å². The molecule has 38 heavy (non-hydrogen) atoms. The van der Waals surface area contributed by atoms with E-state index in [1.54, 1.807) is 25.5 Å². The Morgan fingerprint density at radius 1 is 1.05 bits per heavy atom. The average molecular weight is 557 g/mol. The largest absolute Gasteiger partial charge is 0.497 e. The maximum atomic E-state index is 10.3. The minimum atomic E-state index is -0.374. The topological polar surface area (TPSA) is 75.9 Å². The number of hydrogen-bond acceptors (Lipinski definition) is 6. The molecule has 0 saturated heterocycles. The van der Waals surface area contributed by atoms with Crippen LogP contribution in [-0.4, -0.2) is 44.1 Å². The molecule has 0 saturated carbocycles. The van der Waals surface area contributed by atoms with Crippen molar-refractivity contribution in [2.75, 3.05) is 31.8 Å². The summed E-state index contributed by atoms with van der Waals surface area (Å²) in [5.41, 5.74) is 4.79. The van der Waals surface area contributed by atoms with Gasteiger partial charge in [-0.15, -0.1) is 5.10 Å². The first-order valence-electron chi connectivity index (χ1n) is 12.4. The van der Waals surface area contributed by atoms with E-state index in [-0.39, 0.29) is 28.1 Å². The molecular weight excluding hydrogens is 525 g/mol. The third-order valence-corrected chi connectivity index (χ3v) is 6.91. The predicted octanol–water partition coefficient (Wildman–Crippen LogP) is 5.68. The first-order chi connectivity index (χ1) is 18.0. The first kappa shape index (κ1) is 27.3. The minimum Gasteiger partial charge on any atom is -0.497 e. The summed E-state index contributed by atoms with van der Waals surface area (Å²) < 4.78 is 17.1. The molecule has 0 fully saturated rings. The summed E-state index contributed by atoms with van der Waals surface area (Å²) in [7, 11) is 1.69. The van der Waals surface area contributed by atoms with Gasteiger partial charge in [-0.05, 0) is 79.9 Å². The molecule has 1 atom stereocenters. The molecule has 8 heteroatoms. The number of nitrogens with zero attached hydrogens (tertiary/aromatic N) is 3. The van der Waals surface area contributed by atoms with Gasteiger partial charge in [0.15, 0.2) is 11.5 Å². The fraction of sp³-hybridized carbons (Fsp3) is 0.267. The van der Waals surface area contributed by atoms with Crippen LogP contribution in [-0.2, 0) is 28.6 Å². The number of hydrogen-bond donors (Lipinski definition) is 1. The molecular formula is C30H31CoN3O4. The Hall–Kier alpha value is -3.75. The van der Waals surface area contributed by atoms with E-state index >= 15 is 0 Å². The van der Waals surface area contributed by atoms with Crippen LogP contribution in [0.5, 0.6) is 17.2 Å². The van der Waals surface area contributed by atoms with Gasteiger partial charge in [0.1, 0.15) is 19.0 Å². The number of aliphatic hydroxyl groups excluding tert-OH is 1. The van der Waals surface area contributed by atoms with Crippen LogP contribution in [0.4, 0.5) is 5.69 Å². The van der Waals surface area contributed by atoms with Crippen molar-refractivity contribution in [3.05, 3.63) is 95.2 Å². The summed E-state index contributed by atoms with van der Waals surface area (Å²) in [6, 6.07) is 21.5. The first-order valence-corrected chi connectivity index (χ1v) is 12.4. The molecule has 1 N–H and O–H groups in total. The number of rotatable bonds is 7. The van der Waals surface area contributed by atoms with Crippen LogP contribution in [0.3, 0.4) is 0 Å². The van der Waals surface area contributed by atoms with E-state index in [0.29, 0.717) is 18.8 Å². The second kappa shape index (κ2) is 11.7. The zero-order valence-electron chi connectivity index (χ0n) is 21.7. The van der Waals surface area contributed by atoms with Crippen LogP contribution < -0.4 is 19.1 Å². The molecule has 5 rings (SSSR count). The summed E-state index contributed by atoms with van der Waals surface area (Å²) in [6.07, 6.45) is 4.36. The number of aliphatic hydroxyl groups is 1. The Morgan fingerprint density at radius 2 is 1.82 bits per heavy atom. The molecule has 0 aliphatic carbocycles. The van der Waals surface area contributed by atoms with Crippen molar-refractivity contribution in [1.29, 1.82) is 0 Å². The molecule has 0 aromatic heterocycles. The van der Waals surface area contributed by atoms with Crippen molar-refractivity contribution >= 4 is 17.8 Å². The number of anilines is 1.